The molecule has 0 saturated heterocycles. The van der Waals surface area contributed by atoms with E-state index in [1.54, 1.807) is 24.3 Å². The van der Waals surface area contributed by atoms with Gasteiger partial charge in [0.05, 0.1) is 12.4 Å². The fourth-order valence-electron chi connectivity index (χ4n) is 2.16. The van der Waals surface area contributed by atoms with Gasteiger partial charge in [0, 0.05) is 0 Å². The Morgan fingerprint density at radius 2 is 1.89 bits per heavy atom. The minimum Gasteiger partial charge on any atom is -0.381 e. The molecule has 0 spiro atoms. The molecule has 0 atom stereocenters. The zero-order chi connectivity index (χ0) is 20.0. The molecule has 0 saturated carbocycles. The fraction of sp³-hybridized carbons (Fsp3) is 0.235. The summed E-state index contributed by atoms with van der Waals surface area (Å²) < 4.78 is 14.2. The maximum Gasteiger partial charge on any atom is 0.373 e. The largest absolute Gasteiger partial charge is 0.381 e. The average Bonchev–Trinajstić information content (AvgIpc) is 3.25. The molecule has 0 unspecified atom stereocenters. The topological polar surface area (TPSA) is 113 Å². The van der Waals surface area contributed by atoms with Gasteiger partial charge < -0.3 is 10.6 Å². The van der Waals surface area contributed by atoms with Crippen molar-refractivity contribution in [3.05, 3.63) is 48.0 Å². The molecular formula is C17H20FN7O2. The second-order valence-corrected chi connectivity index (χ2v) is 4.63. The lowest BCUT2D eigenvalue weighted by molar-refractivity contribution is 0.0412. The molecule has 3 aromatic heterocycles. The molecule has 0 radical (unpaired) electrons. The van der Waals surface area contributed by atoms with Crippen molar-refractivity contribution in [2.75, 3.05) is 5.73 Å². The number of carbonyl (C=O) groups is 1. The van der Waals surface area contributed by atoms with Crippen LogP contribution in [-0.4, -0.2) is 35.7 Å². The van der Waals surface area contributed by atoms with Gasteiger partial charge >= 0.3 is 5.97 Å². The summed E-state index contributed by atoms with van der Waals surface area (Å²) in [6.07, 6.45) is 2.01. The second kappa shape index (κ2) is 8.70. The fourth-order valence-corrected chi connectivity index (χ4v) is 2.16. The number of carbonyl (C=O) groups excluding carboxylic acids is 1. The predicted octanol–water partition coefficient (Wildman–Crippen LogP) is 2.52. The summed E-state index contributed by atoms with van der Waals surface area (Å²) >= 11 is 0. The highest BCUT2D eigenvalue weighted by Crippen LogP contribution is 2.17. The first-order valence-corrected chi connectivity index (χ1v) is 8.46. The Kier molecular flexibility index (Phi) is 6.36. The van der Waals surface area contributed by atoms with Crippen LogP contribution in [0.4, 0.5) is 10.2 Å². The van der Waals surface area contributed by atoms with E-state index in [0.717, 1.165) is 21.8 Å². The summed E-state index contributed by atoms with van der Waals surface area (Å²) in [5.74, 6) is -1.56. The molecule has 1 aromatic carbocycles. The molecule has 142 valence electrons. The number of nitrogen functional groups attached to an aromatic ring is 1. The molecule has 4 rings (SSSR count). The first kappa shape index (κ1) is 19.8. The minimum atomic E-state index is -0.827. The van der Waals surface area contributed by atoms with Crippen molar-refractivity contribution in [2.45, 2.75) is 27.7 Å². The van der Waals surface area contributed by atoms with E-state index in [4.69, 9.17) is 10.6 Å². The van der Waals surface area contributed by atoms with Gasteiger partial charge in [0.2, 0.25) is 0 Å². The van der Waals surface area contributed by atoms with Crippen LogP contribution in [0.15, 0.2) is 36.7 Å². The smallest absolute Gasteiger partial charge is 0.373 e. The van der Waals surface area contributed by atoms with Crippen molar-refractivity contribution >= 4 is 28.5 Å². The van der Waals surface area contributed by atoms with Gasteiger partial charge in [0.1, 0.15) is 11.0 Å². The lowest BCUT2D eigenvalue weighted by atomic mass is 10.3. The Morgan fingerprint density at radius 1 is 1.19 bits per heavy atom. The monoisotopic (exact) mass is 373 g/mol. The van der Waals surface area contributed by atoms with Crippen LogP contribution in [0.1, 0.15) is 38.1 Å². The number of aromatic nitrogens is 6. The van der Waals surface area contributed by atoms with Crippen LogP contribution in [0.3, 0.4) is 0 Å². The lowest BCUT2D eigenvalue weighted by Crippen LogP contribution is -2.22. The predicted molar refractivity (Wildman–Crippen MR) is 98.5 cm³/mol. The quantitative estimate of drug-likeness (QED) is 0.537. The van der Waals surface area contributed by atoms with Gasteiger partial charge in [-0.3, -0.25) is 0 Å². The van der Waals surface area contributed by atoms with E-state index < -0.39 is 11.8 Å². The number of rotatable bonds is 2. The van der Waals surface area contributed by atoms with Gasteiger partial charge in [-0.05, 0) is 17.3 Å². The normalized spacial score (nSPS) is 9.96. The highest BCUT2D eigenvalue weighted by atomic mass is 19.1. The Labute approximate surface area is 154 Å². The maximum absolute atomic E-state index is 13.2. The number of nitrogens with zero attached hydrogens (tertiary/aromatic N) is 6. The first-order valence-electron chi connectivity index (χ1n) is 8.46. The van der Waals surface area contributed by atoms with Gasteiger partial charge in [0.25, 0.3) is 0 Å². The number of anilines is 1. The summed E-state index contributed by atoms with van der Waals surface area (Å²) in [6, 6.07) is 6.95. The molecule has 4 aromatic rings. The maximum atomic E-state index is 13.2. The number of para-hydroxylation sites is 1. The van der Waals surface area contributed by atoms with Crippen molar-refractivity contribution in [2.24, 2.45) is 0 Å². The van der Waals surface area contributed by atoms with Crippen LogP contribution in [-0.2, 0) is 0 Å². The van der Waals surface area contributed by atoms with Crippen molar-refractivity contribution in [3.63, 3.8) is 0 Å². The summed E-state index contributed by atoms with van der Waals surface area (Å²) in [4.78, 5) is 22.3. The van der Waals surface area contributed by atoms with E-state index >= 15 is 0 Å². The van der Waals surface area contributed by atoms with E-state index in [0.29, 0.717) is 11.0 Å². The third-order valence-corrected chi connectivity index (χ3v) is 3.16. The van der Waals surface area contributed by atoms with Crippen molar-refractivity contribution in [1.29, 1.82) is 0 Å². The number of fused-ring (bicyclic) bond motifs is 2. The molecule has 10 heteroatoms. The Balaban J connectivity index is 0.000000614. The van der Waals surface area contributed by atoms with E-state index in [2.05, 4.69) is 20.4 Å². The molecule has 27 heavy (non-hydrogen) atoms. The first-order chi connectivity index (χ1) is 13.1. The van der Waals surface area contributed by atoms with Gasteiger partial charge in [-0.25, -0.2) is 18.7 Å². The molecule has 0 fully saturated rings. The van der Waals surface area contributed by atoms with Crippen LogP contribution in [0.5, 0.6) is 0 Å². The van der Waals surface area contributed by atoms with E-state index in [-0.39, 0.29) is 17.0 Å². The summed E-state index contributed by atoms with van der Waals surface area (Å²) in [5.41, 5.74) is 6.78. The van der Waals surface area contributed by atoms with Crippen LogP contribution in [0, 0.1) is 5.82 Å². The van der Waals surface area contributed by atoms with Gasteiger partial charge in [-0.2, -0.15) is 0 Å². The Hall–Kier alpha value is -3.56. The van der Waals surface area contributed by atoms with Crippen LogP contribution in [0.2, 0.25) is 0 Å². The van der Waals surface area contributed by atoms with E-state index in [9.17, 15) is 9.18 Å². The van der Waals surface area contributed by atoms with Crippen molar-refractivity contribution in [3.8, 4) is 0 Å². The number of nitrogens with two attached hydrogens (primary N) is 1. The molecule has 0 aliphatic rings. The zero-order valence-corrected chi connectivity index (χ0v) is 15.4. The highest BCUT2D eigenvalue weighted by Gasteiger charge is 2.23. The molecule has 0 aliphatic carbocycles. The molecule has 0 aliphatic heterocycles. The SMILES string of the molecule is CC.CC.Nc1nn2cc(F)cnc2c1C(=O)On1nnc2ccccc21. The van der Waals surface area contributed by atoms with Crippen molar-refractivity contribution < 1.29 is 14.0 Å². The molecule has 0 bridgehead atoms. The molecule has 2 N–H and O–H groups in total. The number of hydrogen-bond acceptors (Lipinski definition) is 7. The summed E-state index contributed by atoms with van der Waals surface area (Å²) in [7, 11) is 0. The summed E-state index contributed by atoms with van der Waals surface area (Å²) in [5, 5.41) is 11.4. The average molecular weight is 373 g/mol. The standard InChI is InChI=1S/C13H8FN7O2.2C2H6/c14-7-5-16-12-10(11(15)18-20(12)6-7)13(22)23-21-9-4-2-1-3-8(9)17-19-21;2*1-2/h1-6H,(H2,15,18);2*1-2H3. The second-order valence-electron chi connectivity index (χ2n) is 4.63. The lowest BCUT2D eigenvalue weighted by Gasteiger charge is -2.02. The van der Waals surface area contributed by atoms with Gasteiger partial charge in [-0.15, -0.1) is 10.2 Å². The van der Waals surface area contributed by atoms with Gasteiger partial charge in [0.15, 0.2) is 22.8 Å². The number of halogens is 1. The number of hydrogen-bond donors (Lipinski definition) is 1. The minimum absolute atomic E-state index is 0.0791. The molecule has 9 nitrogen and oxygen atoms in total. The number of benzene rings is 1. The Morgan fingerprint density at radius 3 is 2.63 bits per heavy atom. The third kappa shape index (κ3) is 3.84. The van der Waals surface area contributed by atoms with Gasteiger partial charge in [-0.1, -0.05) is 44.7 Å². The van der Waals surface area contributed by atoms with Crippen LogP contribution in [0.25, 0.3) is 16.7 Å². The molecule has 0 amide bonds. The zero-order valence-electron chi connectivity index (χ0n) is 15.4. The van der Waals surface area contributed by atoms with Crippen LogP contribution >= 0.6 is 0 Å². The molecular weight excluding hydrogens is 353 g/mol. The third-order valence-electron chi connectivity index (χ3n) is 3.16. The summed E-state index contributed by atoms with van der Waals surface area (Å²) in [6.45, 7) is 8.00. The van der Waals surface area contributed by atoms with E-state index in [1.807, 2.05) is 27.7 Å². The van der Waals surface area contributed by atoms with Crippen LogP contribution < -0.4 is 10.6 Å². The highest BCUT2D eigenvalue weighted by molar-refractivity contribution is 6.01. The van der Waals surface area contributed by atoms with E-state index in [1.165, 1.54) is 0 Å². The Bertz CT molecular complexity index is 1060. The molecule has 3 heterocycles. The van der Waals surface area contributed by atoms with Crippen molar-refractivity contribution in [1.82, 2.24) is 29.8 Å².